The lowest BCUT2D eigenvalue weighted by Crippen LogP contribution is -2.29. The number of ether oxygens (including phenoxy) is 2. The third-order valence-electron chi connectivity index (χ3n) is 4.52. The number of rotatable bonds is 8. The minimum absolute atomic E-state index is 0.133. The van der Waals surface area contributed by atoms with Crippen molar-refractivity contribution in [2.75, 3.05) is 25.2 Å². The van der Waals surface area contributed by atoms with Crippen LogP contribution in [0, 0.1) is 0 Å². The first-order chi connectivity index (χ1) is 14.1. The molecule has 0 bridgehead atoms. The molecule has 0 radical (unpaired) electrons. The van der Waals surface area contributed by atoms with Gasteiger partial charge in [-0.25, -0.2) is 5.01 Å². The number of esters is 1. The van der Waals surface area contributed by atoms with Gasteiger partial charge in [-0.2, -0.15) is 5.10 Å². The smallest absolute Gasteiger partial charge is 0.315 e. The summed E-state index contributed by atoms with van der Waals surface area (Å²) in [4.78, 5) is 24.4. The molecule has 0 N–H and O–H groups in total. The van der Waals surface area contributed by atoms with Crippen LogP contribution in [0.5, 0.6) is 5.75 Å². The van der Waals surface area contributed by atoms with Crippen LogP contribution < -0.4 is 4.74 Å². The number of carbonyl (C=O) groups is 2. The first-order valence-electron chi connectivity index (χ1n) is 9.44. The summed E-state index contributed by atoms with van der Waals surface area (Å²) in [6.07, 6.45) is 0.630. The van der Waals surface area contributed by atoms with Gasteiger partial charge in [-0.3, -0.25) is 9.59 Å². The Morgan fingerprint density at radius 2 is 1.83 bits per heavy atom. The maximum Gasteiger partial charge on any atom is 0.315 e. The average molecular weight is 413 g/mol. The summed E-state index contributed by atoms with van der Waals surface area (Å²) in [6, 6.07) is 17.3. The Hall–Kier alpha value is -2.80. The van der Waals surface area contributed by atoms with Crippen molar-refractivity contribution in [3.63, 3.8) is 0 Å². The zero-order valence-electron chi connectivity index (χ0n) is 16.5. The first-order valence-corrected chi connectivity index (χ1v) is 10.6. The summed E-state index contributed by atoms with van der Waals surface area (Å²) in [5, 5.41) is 6.18. The van der Waals surface area contributed by atoms with Crippen LogP contribution in [0.2, 0.25) is 0 Å². The molecule has 0 saturated carbocycles. The molecule has 0 aliphatic carbocycles. The molecule has 0 spiro atoms. The van der Waals surface area contributed by atoms with E-state index in [1.165, 1.54) is 11.8 Å². The van der Waals surface area contributed by atoms with E-state index in [1.54, 1.807) is 19.0 Å². The maximum atomic E-state index is 12.9. The Labute approximate surface area is 174 Å². The molecular formula is C22H24N2O4S. The van der Waals surface area contributed by atoms with Crippen molar-refractivity contribution in [3.8, 4) is 5.75 Å². The molecule has 0 unspecified atom stereocenters. The minimum atomic E-state index is -0.313. The van der Waals surface area contributed by atoms with Crippen molar-refractivity contribution in [2.45, 2.75) is 19.4 Å². The van der Waals surface area contributed by atoms with Crippen LogP contribution in [-0.4, -0.2) is 47.8 Å². The summed E-state index contributed by atoms with van der Waals surface area (Å²) in [5.41, 5.74) is 2.86. The lowest BCUT2D eigenvalue weighted by Gasteiger charge is -2.22. The van der Waals surface area contributed by atoms with E-state index in [4.69, 9.17) is 9.47 Å². The van der Waals surface area contributed by atoms with Crippen molar-refractivity contribution in [1.29, 1.82) is 0 Å². The van der Waals surface area contributed by atoms with Gasteiger partial charge in [-0.15, -0.1) is 11.8 Å². The van der Waals surface area contributed by atoms with Crippen LogP contribution >= 0.6 is 11.8 Å². The quantitative estimate of drug-likeness (QED) is 0.619. The predicted molar refractivity (Wildman–Crippen MR) is 114 cm³/mol. The second kappa shape index (κ2) is 10.1. The first kappa shape index (κ1) is 20.9. The van der Waals surface area contributed by atoms with E-state index < -0.39 is 0 Å². The molecule has 0 aromatic heterocycles. The number of hydrazone groups is 1. The highest BCUT2D eigenvalue weighted by Gasteiger charge is 2.33. The number of amides is 1. The molecule has 0 saturated heterocycles. The highest BCUT2D eigenvalue weighted by molar-refractivity contribution is 8.00. The summed E-state index contributed by atoms with van der Waals surface area (Å²) >= 11 is 1.24. The van der Waals surface area contributed by atoms with Gasteiger partial charge in [0.15, 0.2) is 0 Å². The standard InChI is InChI=1S/C22H24N2O4S/c1-3-28-22(26)15-29-14-21(25)24-20(17-9-11-18(27-2)12-10-17)13-19(23-24)16-7-5-4-6-8-16/h4-12,20H,3,13-15H2,1-2H3/t20-/m1/s1. The predicted octanol–water partition coefficient (Wildman–Crippen LogP) is 3.67. The normalized spacial score (nSPS) is 15.7. The van der Waals surface area contributed by atoms with Gasteiger partial charge >= 0.3 is 5.97 Å². The third kappa shape index (κ3) is 5.38. The maximum absolute atomic E-state index is 12.9. The molecule has 2 aromatic rings. The van der Waals surface area contributed by atoms with E-state index in [1.807, 2.05) is 54.6 Å². The van der Waals surface area contributed by atoms with Crippen molar-refractivity contribution in [3.05, 3.63) is 65.7 Å². The zero-order chi connectivity index (χ0) is 20.6. The molecule has 152 valence electrons. The zero-order valence-corrected chi connectivity index (χ0v) is 17.4. The number of benzene rings is 2. The van der Waals surface area contributed by atoms with Gasteiger partial charge in [0.1, 0.15) is 5.75 Å². The molecule has 7 heteroatoms. The lowest BCUT2D eigenvalue weighted by molar-refractivity contribution is -0.139. The highest BCUT2D eigenvalue weighted by Crippen LogP contribution is 2.34. The Kier molecular flexibility index (Phi) is 7.30. The molecule has 1 heterocycles. The van der Waals surface area contributed by atoms with Crippen LogP contribution in [0.3, 0.4) is 0 Å². The number of hydrogen-bond acceptors (Lipinski definition) is 6. The highest BCUT2D eigenvalue weighted by atomic mass is 32.2. The molecule has 1 aliphatic rings. The molecule has 29 heavy (non-hydrogen) atoms. The van der Waals surface area contributed by atoms with E-state index in [0.29, 0.717) is 13.0 Å². The van der Waals surface area contributed by atoms with E-state index in [9.17, 15) is 9.59 Å². The van der Waals surface area contributed by atoms with Gasteiger partial charge in [-0.05, 0) is 30.2 Å². The van der Waals surface area contributed by atoms with Gasteiger partial charge < -0.3 is 9.47 Å². The Bertz CT molecular complexity index is 868. The minimum Gasteiger partial charge on any atom is -0.497 e. The van der Waals surface area contributed by atoms with Crippen LogP contribution in [0.4, 0.5) is 0 Å². The Morgan fingerprint density at radius 1 is 1.10 bits per heavy atom. The molecular weight excluding hydrogens is 388 g/mol. The monoisotopic (exact) mass is 412 g/mol. The van der Waals surface area contributed by atoms with Crippen LogP contribution in [0.1, 0.15) is 30.5 Å². The van der Waals surface area contributed by atoms with E-state index in [2.05, 4.69) is 5.10 Å². The number of carbonyl (C=O) groups excluding carboxylic acids is 2. The average Bonchev–Trinajstić information content (AvgIpc) is 3.20. The Morgan fingerprint density at radius 3 is 2.48 bits per heavy atom. The van der Waals surface area contributed by atoms with Crippen molar-refractivity contribution >= 4 is 29.4 Å². The topological polar surface area (TPSA) is 68.2 Å². The fraction of sp³-hybridized carbons (Fsp3) is 0.318. The lowest BCUT2D eigenvalue weighted by atomic mass is 9.98. The van der Waals surface area contributed by atoms with Crippen molar-refractivity contribution < 1.29 is 19.1 Å². The SMILES string of the molecule is CCOC(=O)CSCC(=O)N1N=C(c2ccccc2)C[C@@H]1c1ccc(OC)cc1. The number of hydrogen-bond donors (Lipinski definition) is 0. The second-order valence-electron chi connectivity index (χ2n) is 6.44. The van der Waals surface area contributed by atoms with Gasteiger partial charge in [0, 0.05) is 6.42 Å². The van der Waals surface area contributed by atoms with Gasteiger partial charge in [0.05, 0.1) is 37.0 Å². The van der Waals surface area contributed by atoms with E-state index in [0.717, 1.165) is 22.6 Å². The number of thioether (sulfide) groups is 1. The third-order valence-corrected chi connectivity index (χ3v) is 5.42. The van der Waals surface area contributed by atoms with Gasteiger partial charge in [0.2, 0.25) is 0 Å². The van der Waals surface area contributed by atoms with Crippen molar-refractivity contribution in [1.82, 2.24) is 5.01 Å². The Balaban J connectivity index is 1.76. The molecule has 6 nitrogen and oxygen atoms in total. The second-order valence-corrected chi connectivity index (χ2v) is 7.43. The largest absolute Gasteiger partial charge is 0.497 e. The summed E-state index contributed by atoms with van der Waals surface area (Å²) < 4.78 is 10.1. The fourth-order valence-electron chi connectivity index (χ4n) is 3.12. The van der Waals surface area contributed by atoms with Crippen LogP contribution in [0.25, 0.3) is 0 Å². The molecule has 1 aliphatic heterocycles. The molecule has 0 fully saturated rings. The van der Waals surface area contributed by atoms with E-state index in [-0.39, 0.29) is 29.4 Å². The summed E-state index contributed by atoms with van der Waals surface area (Å²) in [6.45, 7) is 2.10. The molecule has 2 aromatic carbocycles. The summed E-state index contributed by atoms with van der Waals surface area (Å²) in [5.74, 6) is 0.629. The van der Waals surface area contributed by atoms with Crippen molar-refractivity contribution in [2.24, 2.45) is 5.10 Å². The number of methoxy groups -OCH3 is 1. The number of nitrogens with zero attached hydrogens (tertiary/aromatic N) is 2. The van der Waals surface area contributed by atoms with Crippen LogP contribution in [-0.2, 0) is 14.3 Å². The van der Waals surface area contributed by atoms with Gasteiger partial charge in [0.25, 0.3) is 5.91 Å². The van der Waals surface area contributed by atoms with Crippen LogP contribution in [0.15, 0.2) is 59.7 Å². The van der Waals surface area contributed by atoms with Gasteiger partial charge in [-0.1, -0.05) is 42.5 Å². The van der Waals surface area contributed by atoms with E-state index >= 15 is 0 Å². The molecule has 3 rings (SSSR count). The molecule has 1 atom stereocenters. The fourth-order valence-corrected chi connectivity index (χ4v) is 3.78. The molecule has 1 amide bonds. The summed E-state index contributed by atoms with van der Waals surface area (Å²) in [7, 11) is 1.62.